The molecule has 1 aromatic heterocycles. The second kappa shape index (κ2) is 4.87. The van der Waals surface area contributed by atoms with Crippen LogP contribution in [0.1, 0.15) is 5.69 Å². The standard InChI is InChI=1S/C6H10N4.ClH/c1-2-3-10-5-6(4-7)8-9-10;/h2,5H,1,3-4,7H2;1H. The maximum Gasteiger partial charge on any atom is 0.0962 e. The minimum Gasteiger partial charge on any atom is -0.325 e. The lowest BCUT2D eigenvalue weighted by Crippen LogP contribution is -1.96. The zero-order chi connectivity index (χ0) is 7.40. The van der Waals surface area contributed by atoms with E-state index in [-0.39, 0.29) is 12.4 Å². The second-order valence-electron chi connectivity index (χ2n) is 1.92. The normalized spacial score (nSPS) is 8.82. The van der Waals surface area contributed by atoms with Gasteiger partial charge >= 0.3 is 0 Å². The largest absolute Gasteiger partial charge is 0.325 e. The molecule has 0 bridgehead atoms. The third-order valence-corrected chi connectivity index (χ3v) is 1.11. The highest BCUT2D eigenvalue weighted by Crippen LogP contribution is 1.89. The fourth-order valence-corrected chi connectivity index (χ4v) is 0.654. The molecule has 0 fully saturated rings. The number of hydrogen-bond donors (Lipinski definition) is 1. The molecule has 0 unspecified atom stereocenters. The van der Waals surface area contributed by atoms with E-state index in [1.165, 1.54) is 0 Å². The SMILES string of the molecule is C=CCn1cc(CN)nn1.Cl. The Bertz CT molecular complexity index is 220. The topological polar surface area (TPSA) is 56.7 Å². The molecule has 4 nitrogen and oxygen atoms in total. The first-order chi connectivity index (χ1) is 4.86. The summed E-state index contributed by atoms with van der Waals surface area (Å²) in [7, 11) is 0. The molecule has 2 N–H and O–H groups in total. The highest BCUT2D eigenvalue weighted by molar-refractivity contribution is 5.85. The molecule has 0 aromatic carbocycles. The number of hydrogen-bond acceptors (Lipinski definition) is 3. The molecule has 0 aliphatic rings. The molecule has 0 radical (unpaired) electrons. The Morgan fingerprint density at radius 1 is 1.73 bits per heavy atom. The van der Waals surface area contributed by atoms with Crippen molar-refractivity contribution in [3.63, 3.8) is 0 Å². The Hall–Kier alpha value is -0.870. The first kappa shape index (κ1) is 10.1. The van der Waals surface area contributed by atoms with E-state index in [9.17, 15) is 0 Å². The molecule has 0 saturated carbocycles. The van der Waals surface area contributed by atoms with Crippen LogP contribution in [0.3, 0.4) is 0 Å². The van der Waals surface area contributed by atoms with Crippen molar-refractivity contribution in [3.05, 3.63) is 24.5 Å². The molecule has 62 valence electrons. The van der Waals surface area contributed by atoms with Crippen molar-refractivity contribution in [2.45, 2.75) is 13.1 Å². The predicted octanol–water partition coefficient (Wildman–Crippen LogP) is 0.345. The fourth-order valence-electron chi connectivity index (χ4n) is 0.654. The quantitative estimate of drug-likeness (QED) is 0.673. The Kier molecular flexibility index (Phi) is 4.49. The second-order valence-corrected chi connectivity index (χ2v) is 1.92. The summed E-state index contributed by atoms with van der Waals surface area (Å²) in [6.45, 7) is 4.70. The van der Waals surface area contributed by atoms with E-state index in [0.29, 0.717) is 13.1 Å². The number of rotatable bonds is 3. The van der Waals surface area contributed by atoms with Gasteiger partial charge in [-0.05, 0) is 0 Å². The summed E-state index contributed by atoms with van der Waals surface area (Å²) in [6.07, 6.45) is 3.57. The van der Waals surface area contributed by atoms with Gasteiger partial charge in [-0.25, -0.2) is 4.68 Å². The average Bonchev–Trinajstić information content (AvgIpc) is 2.37. The van der Waals surface area contributed by atoms with Crippen LogP contribution in [-0.4, -0.2) is 15.0 Å². The van der Waals surface area contributed by atoms with Crippen molar-refractivity contribution in [3.8, 4) is 0 Å². The number of aromatic nitrogens is 3. The van der Waals surface area contributed by atoms with Crippen LogP contribution in [0.5, 0.6) is 0 Å². The lowest BCUT2D eigenvalue weighted by atomic mass is 10.5. The van der Waals surface area contributed by atoms with Gasteiger partial charge in [-0.1, -0.05) is 11.3 Å². The molecule has 0 amide bonds. The van der Waals surface area contributed by atoms with Crippen LogP contribution in [0.25, 0.3) is 0 Å². The van der Waals surface area contributed by atoms with E-state index in [0.717, 1.165) is 5.69 Å². The minimum absolute atomic E-state index is 0. The van der Waals surface area contributed by atoms with Crippen molar-refractivity contribution >= 4 is 12.4 Å². The van der Waals surface area contributed by atoms with Gasteiger partial charge in [0.15, 0.2) is 0 Å². The average molecular weight is 175 g/mol. The Labute approximate surface area is 71.5 Å². The molecule has 0 atom stereocenters. The number of halogens is 1. The third kappa shape index (κ3) is 2.69. The predicted molar refractivity (Wildman–Crippen MR) is 45.4 cm³/mol. The van der Waals surface area contributed by atoms with Gasteiger partial charge in [0.2, 0.25) is 0 Å². The van der Waals surface area contributed by atoms with Gasteiger partial charge < -0.3 is 5.73 Å². The van der Waals surface area contributed by atoms with Crippen molar-refractivity contribution in [2.24, 2.45) is 5.73 Å². The molecule has 1 rings (SSSR count). The van der Waals surface area contributed by atoms with Crippen molar-refractivity contribution in [1.82, 2.24) is 15.0 Å². The number of allylic oxidation sites excluding steroid dienone is 1. The highest BCUT2D eigenvalue weighted by atomic mass is 35.5. The molecule has 0 aliphatic heterocycles. The maximum absolute atomic E-state index is 5.32. The molecule has 1 aromatic rings. The van der Waals surface area contributed by atoms with E-state index in [4.69, 9.17) is 5.73 Å². The highest BCUT2D eigenvalue weighted by Gasteiger charge is 1.93. The molecule has 0 spiro atoms. The number of nitrogens with two attached hydrogens (primary N) is 1. The van der Waals surface area contributed by atoms with E-state index in [1.807, 2.05) is 6.20 Å². The Morgan fingerprint density at radius 2 is 2.45 bits per heavy atom. The van der Waals surface area contributed by atoms with Crippen molar-refractivity contribution in [1.29, 1.82) is 0 Å². The van der Waals surface area contributed by atoms with E-state index in [2.05, 4.69) is 16.9 Å². The van der Waals surface area contributed by atoms with Gasteiger partial charge in [0.25, 0.3) is 0 Å². The summed E-state index contributed by atoms with van der Waals surface area (Å²) in [4.78, 5) is 0. The van der Waals surface area contributed by atoms with E-state index in [1.54, 1.807) is 10.8 Å². The molecular weight excluding hydrogens is 164 g/mol. The zero-order valence-corrected chi connectivity index (χ0v) is 6.92. The lowest BCUT2D eigenvalue weighted by Gasteiger charge is -1.88. The van der Waals surface area contributed by atoms with E-state index >= 15 is 0 Å². The Morgan fingerprint density at radius 3 is 2.91 bits per heavy atom. The first-order valence-electron chi connectivity index (χ1n) is 3.07. The molecule has 0 saturated heterocycles. The van der Waals surface area contributed by atoms with Crippen LogP contribution < -0.4 is 5.73 Å². The number of nitrogens with zero attached hydrogens (tertiary/aromatic N) is 3. The summed E-state index contributed by atoms with van der Waals surface area (Å²) in [6, 6.07) is 0. The molecule has 0 aliphatic carbocycles. The fraction of sp³-hybridized carbons (Fsp3) is 0.333. The van der Waals surface area contributed by atoms with Gasteiger partial charge in [0.05, 0.1) is 18.4 Å². The molecular formula is C6H11ClN4. The summed E-state index contributed by atoms with van der Waals surface area (Å²) < 4.78 is 1.69. The van der Waals surface area contributed by atoms with Gasteiger partial charge in [0.1, 0.15) is 0 Å². The molecule has 11 heavy (non-hydrogen) atoms. The maximum atomic E-state index is 5.32. The van der Waals surface area contributed by atoms with Gasteiger partial charge in [-0.2, -0.15) is 0 Å². The van der Waals surface area contributed by atoms with Crippen LogP contribution >= 0.6 is 12.4 Å². The zero-order valence-electron chi connectivity index (χ0n) is 6.10. The van der Waals surface area contributed by atoms with Crippen LogP contribution in [0.2, 0.25) is 0 Å². The van der Waals surface area contributed by atoms with Crippen LogP contribution in [0.4, 0.5) is 0 Å². The lowest BCUT2D eigenvalue weighted by molar-refractivity contribution is 0.662. The Balaban J connectivity index is 0.000001000. The van der Waals surface area contributed by atoms with Gasteiger partial charge in [-0.15, -0.1) is 24.1 Å². The third-order valence-electron chi connectivity index (χ3n) is 1.11. The summed E-state index contributed by atoms with van der Waals surface area (Å²) in [5, 5.41) is 7.59. The van der Waals surface area contributed by atoms with Crippen LogP contribution in [0, 0.1) is 0 Å². The molecule has 5 heteroatoms. The van der Waals surface area contributed by atoms with Gasteiger partial charge in [-0.3, -0.25) is 0 Å². The monoisotopic (exact) mass is 174 g/mol. The van der Waals surface area contributed by atoms with Crippen LogP contribution in [-0.2, 0) is 13.1 Å². The van der Waals surface area contributed by atoms with Crippen LogP contribution in [0.15, 0.2) is 18.9 Å². The summed E-state index contributed by atoms with van der Waals surface area (Å²) in [5.74, 6) is 0. The smallest absolute Gasteiger partial charge is 0.0962 e. The van der Waals surface area contributed by atoms with Crippen molar-refractivity contribution in [2.75, 3.05) is 0 Å². The minimum atomic E-state index is 0. The summed E-state index contributed by atoms with van der Waals surface area (Å²) >= 11 is 0. The first-order valence-corrected chi connectivity index (χ1v) is 3.07. The van der Waals surface area contributed by atoms with E-state index < -0.39 is 0 Å². The summed E-state index contributed by atoms with van der Waals surface area (Å²) in [5.41, 5.74) is 6.12. The van der Waals surface area contributed by atoms with Crippen molar-refractivity contribution < 1.29 is 0 Å². The van der Waals surface area contributed by atoms with Gasteiger partial charge in [0, 0.05) is 6.54 Å². The molecule has 1 heterocycles.